The second kappa shape index (κ2) is 7.71. The van der Waals surface area contributed by atoms with Gasteiger partial charge in [0.15, 0.2) is 0 Å². The van der Waals surface area contributed by atoms with Gasteiger partial charge in [-0.1, -0.05) is 0 Å². The molecule has 1 N–H and O–H groups in total. The standard InChI is InChI=1S/C19H15F2N3O2S/c1-11-7-9-24(15-10-12(20)5-6-13(15)21)19(26)16(11)17(25)23-14-4-3-8-22-18(14)27-2/h3-10H,1-2H3,(H,23,25). The largest absolute Gasteiger partial charge is 0.319 e. The van der Waals surface area contributed by atoms with E-state index in [4.69, 9.17) is 0 Å². The van der Waals surface area contributed by atoms with Crippen molar-refractivity contribution < 1.29 is 13.6 Å². The minimum absolute atomic E-state index is 0.155. The number of halogens is 2. The van der Waals surface area contributed by atoms with Crippen LogP contribution in [0.5, 0.6) is 0 Å². The highest BCUT2D eigenvalue weighted by molar-refractivity contribution is 7.98. The predicted octanol–water partition coefficient (Wildman–Crippen LogP) is 3.79. The van der Waals surface area contributed by atoms with Crippen LogP contribution in [0.1, 0.15) is 15.9 Å². The third-order valence-electron chi connectivity index (χ3n) is 3.91. The Morgan fingerprint density at radius 2 is 2.00 bits per heavy atom. The zero-order valence-electron chi connectivity index (χ0n) is 14.5. The molecule has 0 saturated carbocycles. The minimum Gasteiger partial charge on any atom is -0.319 e. The topological polar surface area (TPSA) is 64.0 Å². The fraction of sp³-hybridized carbons (Fsp3) is 0.105. The van der Waals surface area contributed by atoms with Gasteiger partial charge in [0.1, 0.15) is 22.2 Å². The maximum Gasteiger partial charge on any atom is 0.268 e. The van der Waals surface area contributed by atoms with E-state index in [-0.39, 0.29) is 11.3 Å². The molecular formula is C19H15F2N3O2S. The first-order chi connectivity index (χ1) is 12.9. The Labute approximate surface area is 158 Å². The fourth-order valence-corrected chi connectivity index (χ4v) is 3.10. The maximum absolute atomic E-state index is 14.1. The van der Waals surface area contributed by atoms with Crippen molar-refractivity contribution in [2.75, 3.05) is 11.6 Å². The average Bonchev–Trinajstić information content (AvgIpc) is 2.64. The lowest BCUT2D eigenvalue weighted by Gasteiger charge is -2.13. The fourth-order valence-electron chi connectivity index (χ4n) is 2.60. The smallest absolute Gasteiger partial charge is 0.268 e. The second-order valence-electron chi connectivity index (χ2n) is 5.66. The Balaban J connectivity index is 2.07. The predicted molar refractivity (Wildman–Crippen MR) is 101 cm³/mol. The van der Waals surface area contributed by atoms with Crippen LogP contribution in [0.3, 0.4) is 0 Å². The number of rotatable bonds is 4. The van der Waals surface area contributed by atoms with Crippen LogP contribution in [0.15, 0.2) is 58.6 Å². The number of amides is 1. The number of carbonyl (C=O) groups is 1. The van der Waals surface area contributed by atoms with Crippen molar-refractivity contribution in [2.24, 2.45) is 0 Å². The van der Waals surface area contributed by atoms with Gasteiger partial charge in [0, 0.05) is 18.5 Å². The van der Waals surface area contributed by atoms with Crippen LogP contribution in [0.4, 0.5) is 14.5 Å². The number of nitrogens with one attached hydrogen (secondary N) is 1. The summed E-state index contributed by atoms with van der Waals surface area (Å²) in [4.78, 5) is 29.7. The average molecular weight is 387 g/mol. The van der Waals surface area contributed by atoms with E-state index in [1.54, 1.807) is 25.3 Å². The number of hydrogen-bond donors (Lipinski definition) is 1. The van der Waals surface area contributed by atoms with Crippen LogP contribution >= 0.6 is 11.8 Å². The molecule has 0 atom stereocenters. The molecule has 5 nitrogen and oxygen atoms in total. The highest BCUT2D eigenvalue weighted by atomic mass is 32.2. The van der Waals surface area contributed by atoms with Crippen molar-refractivity contribution in [3.63, 3.8) is 0 Å². The van der Waals surface area contributed by atoms with Gasteiger partial charge < -0.3 is 5.32 Å². The van der Waals surface area contributed by atoms with Crippen molar-refractivity contribution in [3.8, 4) is 5.69 Å². The van der Waals surface area contributed by atoms with E-state index < -0.39 is 23.1 Å². The van der Waals surface area contributed by atoms with Gasteiger partial charge in [-0.2, -0.15) is 0 Å². The molecule has 0 spiro atoms. The van der Waals surface area contributed by atoms with Crippen molar-refractivity contribution in [1.29, 1.82) is 0 Å². The number of benzene rings is 1. The molecule has 0 saturated heterocycles. The van der Waals surface area contributed by atoms with E-state index in [9.17, 15) is 18.4 Å². The lowest BCUT2D eigenvalue weighted by Crippen LogP contribution is -2.30. The third-order valence-corrected chi connectivity index (χ3v) is 4.62. The van der Waals surface area contributed by atoms with Gasteiger partial charge in [0.05, 0.1) is 11.4 Å². The second-order valence-corrected chi connectivity index (χ2v) is 6.45. The number of pyridine rings is 2. The van der Waals surface area contributed by atoms with Gasteiger partial charge >= 0.3 is 0 Å². The van der Waals surface area contributed by atoms with Gasteiger partial charge in [0.25, 0.3) is 11.5 Å². The Bertz CT molecular complexity index is 1080. The number of hydrogen-bond acceptors (Lipinski definition) is 4. The molecule has 0 radical (unpaired) electrons. The molecule has 0 aliphatic rings. The van der Waals surface area contributed by atoms with Gasteiger partial charge in [-0.25, -0.2) is 13.8 Å². The molecule has 0 unspecified atom stereocenters. The third kappa shape index (κ3) is 3.75. The monoisotopic (exact) mass is 387 g/mol. The lowest BCUT2D eigenvalue weighted by atomic mass is 10.1. The summed E-state index contributed by atoms with van der Waals surface area (Å²) in [7, 11) is 0. The number of nitrogens with zero attached hydrogens (tertiary/aromatic N) is 2. The van der Waals surface area contributed by atoms with Crippen LogP contribution in [0.25, 0.3) is 5.69 Å². The summed E-state index contributed by atoms with van der Waals surface area (Å²) >= 11 is 1.34. The quantitative estimate of drug-likeness (QED) is 0.692. The van der Waals surface area contributed by atoms with Crippen molar-refractivity contribution in [2.45, 2.75) is 11.9 Å². The van der Waals surface area contributed by atoms with E-state index in [0.717, 1.165) is 22.8 Å². The van der Waals surface area contributed by atoms with Crippen molar-refractivity contribution >= 4 is 23.4 Å². The van der Waals surface area contributed by atoms with Gasteiger partial charge in [-0.3, -0.25) is 14.2 Å². The molecule has 8 heteroatoms. The lowest BCUT2D eigenvalue weighted by molar-refractivity contribution is 0.102. The van der Waals surface area contributed by atoms with E-state index >= 15 is 0 Å². The van der Waals surface area contributed by atoms with Crippen LogP contribution in [-0.2, 0) is 0 Å². The summed E-state index contributed by atoms with van der Waals surface area (Å²) in [5, 5.41) is 3.25. The summed E-state index contributed by atoms with van der Waals surface area (Å²) in [6, 6.07) is 7.61. The maximum atomic E-state index is 14.1. The van der Waals surface area contributed by atoms with E-state index in [0.29, 0.717) is 16.3 Å². The molecule has 0 aliphatic heterocycles. The molecule has 0 fully saturated rings. The normalized spacial score (nSPS) is 10.7. The summed E-state index contributed by atoms with van der Waals surface area (Å²) in [5.41, 5.74) is -0.287. The van der Waals surface area contributed by atoms with Gasteiger partial charge in [-0.15, -0.1) is 11.8 Å². The van der Waals surface area contributed by atoms with Crippen LogP contribution in [-0.4, -0.2) is 21.7 Å². The number of thioether (sulfide) groups is 1. The number of aromatic nitrogens is 2. The van der Waals surface area contributed by atoms with Crippen molar-refractivity contribution in [3.05, 3.63) is 81.9 Å². The summed E-state index contributed by atoms with van der Waals surface area (Å²) < 4.78 is 28.5. The number of carbonyl (C=O) groups excluding carboxylic acids is 1. The van der Waals surface area contributed by atoms with E-state index in [2.05, 4.69) is 10.3 Å². The molecule has 3 rings (SSSR count). The zero-order valence-corrected chi connectivity index (χ0v) is 15.3. The van der Waals surface area contributed by atoms with Gasteiger partial charge in [-0.05, 0) is 49.1 Å². The van der Waals surface area contributed by atoms with E-state index in [1.807, 2.05) is 6.26 Å². The summed E-state index contributed by atoms with van der Waals surface area (Å²) in [5.74, 6) is -2.11. The molecule has 27 heavy (non-hydrogen) atoms. The molecule has 3 aromatic rings. The molecule has 2 aromatic heterocycles. The Hall–Kier alpha value is -3.00. The zero-order chi connectivity index (χ0) is 19.6. The number of anilines is 1. The van der Waals surface area contributed by atoms with Crippen LogP contribution in [0, 0.1) is 18.6 Å². The Morgan fingerprint density at radius 1 is 1.22 bits per heavy atom. The molecule has 0 bridgehead atoms. The Kier molecular flexibility index (Phi) is 5.36. The van der Waals surface area contributed by atoms with E-state index in [1.165, 1.54) is 24.0 Å². The van der Waals surface area contributed by atoms with Crippen LogP contribution < -0.4 is 10.9 Å². The van der Waals surface area contributed by atoms with Crippen molar-refractivity contribution in [1.82, 2.24) is 9.55 Å². The highest BCUT2D eigenvalue weighted by Gasteiger charge is 2.19. The molecule has 0 aliphatic carbocycles. The molecule has 2 heterocycles. The highest BCUT2D eigenvalue weighted by Crippen LogP contribution is 2.22. The number of aryl methyl sites for hydroxylation is 1. The molecular weight excluding hydrogens is 372 g/mol. The Morgan fingerprint density at radius 3 is 2.74 bits per heavy atom. The molecule has 138 valence electrons. The van der Waals surface area contributed by atoms with Crippen LogP contribution in [0.2, 0.25) is 0 Å². The first-order valence-electron chi connectivity index (χ1n) is 7.90. The summed E-state index contributed by atoms with van der Waals surface area (Å²) in [6.07, 6.45) is 4.71. The van der Waals surface area contributed by atoms with Gasteiger partial charge in [0.2, 0.25) is 0 Å². The summed E-state index contributed by atoms with van der Waals surface area (Å²) in [6.45, 7) is 1.60. The molecule has 1 amide bonds. The minimum atomic E-state index is -0.773. The first kappa shape index (κ1) is 18.8. The molecule has 1 aromatic carbocycles. The first-order valence-corrected chi connectivity index (χ1v) is 9.13. The SMILES string of the molecule is CSc1ncccc1NC(=O)c1c(C)ccn(-c2cc(F)ccc2F)c1=O.